The van der Waals surface area contributed by atoms with E-state index in [1.165, 1.54) is 17.5 Å². The monoisotopic (exact) mass is 228 g/mol. The summed E-state index contributed by atoms with van der Waals surface area (Å²) in [7, 11) is 0. The minimum Gasteiger partial charge on any atom is -0.480 e. The largest absolute Gasteiger partial charge is 0.480 e. The number of aryl methyl sites for hydroxylation is 1. The number of aliphatic carboxylic acids is 1. The Labute approximate surface area is 91.1 Å². The molecule has 5 nitrogen and oxygen atoms in total. The van der Waals surface area contributed by atoms with E-state index in [0.717, 1.165) is 5.01 Å². The fraction of sp³-hybridized carbons (Fsp3) is 0.444. The first-order chi connectivity index (χ1) is 7.04. The Morgan fingerprint density at radius 2 is 2.33 bits per heavy atom. The van der Waals surface area contributed by atoms with Gasteiger partial charge < -0.3 is 10.4 Å². The molecule has 1 aromatic rings. The number of carboxylic acids is 1. The van der Waals surface area contributed by atoms with Crippen LogP contribution in [0.25, 0.3) is 0 Å². The van der Waals surface area contributed by atoms with Crippen molar-refractivity contribution in [3.05, 3.63) is 16.1 Å². The summed E-state index contributed by atoms with van der Waals surface area (Å²) >= 11 is 1.24. The number of carboxylic acid groups (broad SMARTS) is 1. The highest BCUT2D eigenvalue weighted by Crippen LogP contribution is 2.11. The molecule has 15 heavy (non-hydrogen) atoms. The number of amides is 1. The van der Waals surface area contributed by atoms with E-state index in [-0.39, 0.29) is 5.91 Å². The standard InChI is InChI=1S/C9H12N2O3S/c1-3-6(9(13)14)11-8(12)7-4-10-5(2)15-7/h4,6H,3H2,1-2H3,(H,11,12)(H,13,14)/t6-/m0/s1. The van der Waals surface area contributed by atoms with Gasteiger partial charge in [-0.05, 0) is 13.3 Å². The predicted octanol–water partition coefficient (Wildman–Crippen LogP) is 1.04. The van der Waals surface area contributed by atoms with Crippen LogP contribution in [0, 0.1) is 6.92 Å². The molecule has 0 aliphatic rings. The molecular formula is C9H12N2O3S. The number of carbonyl (C=O) groups excluding carboxylic acids is 1. The number of hydrogen-bond donors (Lipinski definition) is 2. The molecule has 1 heterocycles. The van der Waals surface area contributed by atoms with Crippen LogP contribution in [0.2, 0.25) is 0 Å². The lowest BCUT2D eigenvalue weighted by Gasteiger charge is -2.10. The first-order valence-electron chi connectivity index (χ1n) is 4.50. The molecule has 6 heteroatoms. The zero-order valence-corrected chi connectivity index (χ0v) is 9.30. The van der Waals surface area contributed by atoms with E-state index in [4.69, 9.17) is 5.11 Å². The summed E-state index contributed by atoms with van der Waals surface area (Å²) in [5.74, 6) is -1.40. The van der Waals surface area contributed by atoms with E-state index in [9.17, 15) is 9.59 Å². The number of thiazole rings is 1. The highest BCUT2D eigenvalue weighted by Gasteiger charge is 2.19. The highest BCUT2D eigenvalue weighted by atomic mass is 32.1. The van der Waals surface area contributed by atoms with Gasteiger partial charge in [0.1, 0.15) is 10.9 Å². The summed E-state index contributed by atoms with van der Waals surface area (Å²) in [6.07, 6.45) is 1.81. The average Bonchev–Trinajstić information content (AvgIpc) is 2.60. The maximum Gasteiger partial charge on any atom is 0.326 e. The van der Waals surface area contributed by atoms with Crippen molar-refractivity contribution in [2.45, 2.75) is 26.3 Å². The highest BCUT2D eigenvalue weighted by molar-refractivity contribution is 7.13. The number of rotatable bonds is 4. The van der Waals surface area contributed by atoms with Gasteiger partial charge >= 0.3 is 5.97 Å². The second kappa shape index (κ2) is 4.88. The zero-order chi connectivity index (χ0) is 11.4. The topological polar surface area (TPSA) is 79.3 Å². The molecule has 0 saturated carbocycles. The minimum absolute atomic E-state index is 0.360. The molecule has 2 N–H and O–H groups in total. The van der Waals surface area contributed by atoms with Crippen LogP contribution < -0.4 is 5.32 Å². The van der Waals surface area contributed by atoms with Gasteiger partial charge in [-0.25, -0.2) is 9.78 Å². The Kier molecular flexibility index (Phi) is 3.79. The van der Waals surface area contributed by atoms with Gasteiger partial charge in [0.15, 0.2) is 0 Å². The van der Waals surface area contributed by atoms with Crippen molar-refractivity contribution in [3.63, 3.8) is 0 Å². The lowest BCUT2D eigenvalue weighted by Crippen LogP contribution is -2.39. The number of carbonyl (C=O) groups is 2. The van der Waals surface area contributed by atoms with Crippen LogP contribution in [0.15, 0.2) is 6.20 Å². The first-order valence-corrected chi connectivity index (χ1v) is 5.32. The van der Waals surface area contributed by atoms with Crippen molar-refractivity contribution in [2.75, 3.05) is 0 Å². The van der Waals surface area contributed by atoms with Gasteiger partial charge in [-0.15, -0.1) is 11.3 Å². The average molecular weight is 228 g/mol. The van der Waals surface area contributed by atoms with Crippen LogP contribution in [0.3, 0.4) is 0 Å². The third-order valence-corrected chi connectivity index (χ3v) is 2.77. The summed E-state index contributed by atoms with van der Waals surface area (Å²) in [6.45, 7) is 3.49. The van der Waals surface area contributed by atoms with Crippen LogP contribution >= 0.6 is 11.3 Å². The van der Waals surface area contributed by atoms with E-state index < -0.39 is 12.0 Å². The molecule has 0 fully saturated rings. The Bertz CT molecular complexity index is 375. The third-order valence-electron chi connectivity index (χ3n) is 1.86. The normalized spacial score (nSPS) is 12.1. The molecular weight excluding hydrogens is 216 g/mol. The van der Waals surface area contributed by atoms with Crippen LogP contribution in [-0.4, -0.2) is 28.0 Å². The second-order valence-electron chi connectivity index (χ2n) is 3.02. The maximum absolute atomic E-state index is 11.5. The minimum atomic E-state index is -1.02. The van der Waals surface area contributed by atoms with Gasteiger partial charge in [-0.2, -0.15) is 0 Å². The molecule has 82 valence electrons. The quantitative estimate of drug-likeness (QED) is 0.807. The van der Waals surface area contributed by atoms with Gasteiger partial charge in [0.2, 0.25) is 0 Å². The predicted molar refractivity (Wildman–Crippen MR) is 56.0 cm³/mol. The molecule has 0 aromatic carbocycles. The Morgan fingerprint density at radius 3 is 2.73 bits per heavy atom. The number of aromatic nitrogens is 1. The zero-order valence-electron chi connectivity index (χ0n) is 8.48. The number of nitrogens with zero attached hydrogens (tertiary/aromatic N) is 1. The van der Waals surface area contributed by atoms with Crippen LogP contribution in [0.5, 0.6) is 0 Å². The van der Waals surface area contributed by atoms with Gasteiger partial charge in [0.25, 0.3) is 5.91 Å². The van der Waals surface area contributed by atoms with E-state index in [0.29, 0.717) is 11.3 Å². The molecule has 0 aliphatic carbocycles. The lowest BCUT2D eigenvalue weighted by atomic mass is 10.2. The fourth-order valence-corrected chi connectivity index (χ4v) is 1.71. The Hall–Kier alpha value is -1.43. The second-order valence-corrected chi connectivity index (χ2v) is 4.25. The summed E-state index contributed by atoms with van der Waals surface area (Å²) < 4.78 is 0. The van der Waals surface area contributed by atoms with Crippen LogP contribution in [-0.2, 0) is 4.79 Å². The SMILES string of the molecule is CC[C@H](NC(=O)c1cnc(C)s1)C(=O)O. The molecule has 0 radical (unpaired) electrons. The first kappa shape index (κ1) is 11.6. The number of hydrogen-bond acceptors (Lipinski definition) is 4. The van der Waals surface area contributed by atoms with Crippen LogP contribution in [0.1, 0.15) is 28.0 Å². The van der Waals surface area contributed by atoms with Crippen molar-refractivity contribution < 1.29 is 14.7 Å². The van der Waals surface area contributed by atoms with E-state index in [1.54, 1.807) is 13.8 Å². The molecule has 0 saturated heterocycles. The maximum atomic E-state index is 11.5. The van der Waals surface area contributed by atoms with Gasteiger partial charge in [0, 0.05) is 0 Å². The summed E-state index contributed by atoms with van der Waals surface area (Å²) in [5.41, 5.74) is 0. The Morgan fingerprint density at radius 1 is 1.67 bits per heavy atom. The fourth-order valence-electron chi connectivity index (χ4n) is 1.03. The smallest absolute Gasteiger partial charge is 0.326 e. The van der Waals surface area contributed by atoms with Gasteiger partial charge in [-0.3, -0.25) is 4.79 Å². The van der Waals surface area contributed by atoms with E-state index >= 15 is 0 Å². The molecule has 1 rings (SSSR count). The van der Waals surface area contributed by atoms with Crippen molar-refractivity contribution in [1.29, 1.82) is 0 Å². The van der Waals surface area contributed by atoms with Crippen molar-refractivity contribution >= 4 is 23.2 Å². The molecule has 0 aliphatic heterocycles. The van der Waals surface area contributed by atoms with E-state index in [1.807, 2.05) is 0 Å². The molecule has 1 amide bonds. The molecule has 1 aromatic heterocycles. The van der Waals surface area contributed by atoms with Crippen molar-refractivity contribution in [3.8, 4) is 0 Å². The summed E-state index contributed by atoms with van der Waals surface area (Å²) in [6, 6.07) is -0.833. The molecule has 0 bridgehead atoms. The lowest BCUT2D eigenvalue weighted by molar-refractivity contribution is -0.139. The van der Waals surface area contributed by atoms with Gasteiger partial charge in [-0.1, -0.05) is 6.92 Å². The molecule has 0 unspecified atom stereocenters. The third kappa shape index (κ3) is 3.02. The Balaban J connectivity index is 2.66. The van der Waals surface area contributed by atoms with Gasteiger partial charge in [0.05, 0.1) is 11.2 Å². The molecule has 0 spiro atoms. The summed E-state index contributed by atoms with van der Waals surface area (Å²) in [5, 5.41) is 12.0. The van der Waals surface area contributed by atoms with Crippen LogP contribution in [0.4, 0.5) is 0 Å². The van der Waals surface area contributed by atoms with E-state index in [2.05, 4.69) is 10.3 Å². The molecule has 1 atom stereocenters. The summed E-state index contributed by atoms with van der Waals surface area (Å²) in [4.78, 5) is 26.6. The van der Waals surface area contributed by atoms with Crippen molar-refractivity contribution in [2.24, 2.45) is 0 Å². The number of nitrogens with one attached hydrogen (secondary N) is 1. The van der Waals surface area contributed by atoms with Crippen molar-refractivity contribution in [1.82, 2.24) is 10.3 Å².